The molecule has 6 heteroatoms. The van der Waals surface area contributed by atoms with Crippen molar-refractivity contribution in [1.29, 1.82) is 0 Å². The van der Waals surface area contributed by atoms with Crippen molar-refractivity contribution in [2.24, 2.45) is 0 Å². The molecule has 0 aliphatic rings. The van der Waals surface area contributed by atoms with Crippen LogP contribution in [0.2, 0.25) is 0 Å². The molecule has 27 heavy (non-hydrogen) atoms. The Morgan fingerprint density at radius 2 is 1.78 bits per heavy atom. The van der Waals surface area contributed by atoms with Crippen LogP contribution in [0, 0.1) is 20.8 Å². The average Bonchev–Trinajstić information content (AvgIpc) is 2.91. The number of aromatic nitrogens is 2. The van der Waals surface area contributed by atoms with Gasteiger partial charge in [0.25, 0.3) is 0 Å². The molecule has 0 aliphatic heterocycles. The van der Waals surface area contributed by atoms with Gasteiger partial charge >= 0.3 is 0 Å². The van der Waals surface area contributed by atoms with Gasteiger partial charge in [0.05, 0.1) is 23.6 Å². The quantitative estimate of drug-likeness (QED) is 0.505. The number of hydrogen-bond acceptors (Lipinski definition) is 3. The molecule has 5 nitrogen and oxygen atoms in total. The molecule has 1 heterocycles. The lowest BCUT2D eigenvalue weighted by atomic mass is 10.1. The van der Waals surface area contributed by atoms with E-state index in [1.54, 1.807) is 0 Å². The Hall–Kier alpha value is -1.92. The van der Waals surface area contributed by atoms with E-state index in [0.717, 1.165) is 56.2 Å². The zero-order chi connectivity index (χ0) is 19.8. The summed E-state index contributed by atoms with van der Waals surface area (Å²) in [6, 6.07) is 8.58. The van der Waals surface area contributed by atoms with Gasteiger partial charge in [-0.1, -0.05) is 43.7 Å². The van der Waals surface area contributed by atoms with Crippen molar-refractivity contribution in [1.82, 2.24) is 20.0 Å². The van der Waals surface area contributed by atoms with Gasteiger partial charge in [0, 0.05) is 6.54 Å². The van der Waals surface area contributed by atoms with E-state index in [4.69, 9.17) is 12.2 Å². The van der Waals surface area contributed by atoms with E-state index in [9.17, 15) is 0 Å². The highest BCUT2D eigenvalue weighted by Gasteiger charge is 2.13. The Labute approximate surface area is 169 Å². The van der Waals surface area contributed by atoms with Crippen LogP contribution >= 0.6 is 12.2 Å². The van der Waals surface area contributed by atoms with E-state index in [1.807, 2.05) is 11.6 Å². The molecule has 0 atom stereocenters. The van der Waals surface area contributed by atoms with Gasteiger partial charge in [-0.3, -0.25) is 4.68 Å². The Balaban J connectivity index is 1.89. The van der Waals surface area contributed by atoms with E-state index >= 15 is 0 Å². The Bertz CT molecular complexity index is 732. The van der Waals surface area contributed by atoms with E-state index in [1.165, 1.54) is 11.1 Å². The minimum absolute atomic E-state index is 0.663. The summed E-state index contributed by atoms with van der Waals surface area (Å²) in [5.74, 6) is 0. The van der Waals surface area contributed by atoms with Gasteiger partial charge in [0.15, 0.2) is 5.11 Å². The minimum atomic E-state index is 0.663. The Morgan fingerprint density at radius 1 is 1.11 bits per heavy atom. The first-order valence-electron chi connectivity index (χ1n) is 9.81. The molecular weight excluding hydrogens is 354 g/mol. The van der Waals surface area contributed by atoms with E-state index in [2.05, 4.69) is 72.6 Å². The molecule has 0 saturated heterocycles. The lowest BCUT2D eigenvalue weighted by Gasteiger charge is -2.18. The van der Waals surface area contributed by atoms with Crippen molar-refractivity contribution in [3.63, 3.8) is 0 Å². The first-order valence-corrected chi connectivity index (χ1v) is 10.2. The number of hydrogen-bond donors (Lipinski definition) is 2. The van der Waals surface area contributed by atoms with Crippen molar-refractivity contribution in [3.05, 3.63) is 46.8 Å². The standard InChI is InChI=1S/C21H33N5S/c1-6-25(7-2)14-8-13-22-21(27)23-20-17(4)24-26(18(20)5)15-19-11-9-16(3)10-12-19/h9-12H,6-8,13-15H2,1-5H3,(H2,22,23,27). The Morgan fingerprint density at radius 3 is 2.41 bits per heavy atom. The molecule has 0 spiro atoms. The smallest absolute Gasteiger partial charge is 0.170 e. The van der Waals surface area contributed by atoms with Crippen LogP contribution in [0.3, 0.4) is 0 Å². The summed E-state index contributed by atoms with van der Waals surface area (Å²) in [5, 5.41) is 12.0. The minimum Gasteiger partial charge on any atom is -0.362 e. The molecule has 0 amide bonds. The largest absolute Gasteiger partial charge is 0.362 e. The number of nitrogens with one attached hydrogen (secondary N) is 2. The van der Waals surface area contributed by atoms with Crippen LogP contribution in [0.25, 0.3) is 0 Å². The fourth-order valence-electron chi connectivity index (χ4n) is 3.10. The highest BCUT2D eigenvalue weighted by Crippen LogP contribution is 2.20. The number of benzene rings is 1. The maximum Gasteiger partial charge on any atom is 0.170 e. The molecule has 0 bridgehead atoms. The number of thiocarbonyl (C=S) groups is 1. The van der Waals surface area contributed by atoms with E-state index < -0.39 is 0 Å². The van der Waals surface area contributed by atoms with Gasteiger partial charge in [0.2, 0.25) is 0 Å². The van der Waals surface area contributed by atoms with Crippen LogP contribution in [0.15, 0.2) is 24.3 Å². The van der Waals surface area contributed by atoms with Gasteiger partial charge in [-0.05, 0) is 64.6 Å². The molecule has 0 fully saturated rings. The monoisotopic (exact) mass is 387 g/mol. The predicted molar refractivity (Wildman–Crippen MR) is 119 cm³/mol. The Kier molecular flexibility index (Phi) is 8.25. The predicted octanol–water partition coefficient (Wildman–Crippen LogP) is 3.87. The molecule has 2 N–H and O–H groups in total. The van der Waals surface area contributed by atoms with Crippen LogP contribution in [0.4, 0.5) is 5.69 Å². The fourth-order valence-corrected chi connectivity index (χ4v) is 3.30. The first kappa shape index (κ1) is 21.4. The van der Waals surface area contributed by atoms with Crippen molar-refractivity contribution in [2.45, 2.75) is 47.6 Å². The van der Waals surface area contributed by atoms with Crippen LogP contribution < -0.4 is 10.6 Å². The lowest BCUT2D eigenvalue weighted by Crippen LogP contribution is -2.32. The van der Waals surface area contributed by atoms with Crippen molar-refractivity contribution < 1.29 is 0 Å². The molecule has 0 saturated carbocycles. The fraction of sp³-hybridized carbons (Fsp3) is 0.524. The summed E-state index contributed by atoms with van der Waals surface area (Å²) in [6.07, 6.45) is 1.08. The van der Waals surface area contributed by atoms with Crippen LogP contribution in [0.1, 0.15) is 42.8 Å². The summed E-state index contributed by atoms with van der Waals surface area (Å²) in [4.78, 5) is 2.42. The summed E-state index contributed by atoms with van der Waals surface area (Å²) >= 11 is 5.47. The van der Waals surface area contributed by atoms with Crippen LogP contribution in [0.5, 0.6) is 0 Å². The highest BCUT2D eigenvalue weighted by atomic mass is 32.1. The zero-order valence-electron chi connectivity index (χ0n) is 17.3. The summed E-state index contributed by atoms with van der Waals surface area (Å²) in [5.41, 5.74) is 5.58. The maximum absolute atomic E-state index is 5.47. The molecule has 0 aliphatic carbocycles. The van der Waals surface area contributed by atoms with Gasteiger partial charge in [0.1, 0.15) is 0 Å². The van der Waals surface area contributed by atoms with Gasteiger partial charge in [-0.15, -0.1) is 0 Å². The lowest BCUT2D eigenvalue weighted by molar-refractivity contribution is 0.300. The van der Waals surface area contributed by atoms with Crippen molar-refractivity contribution in [3.8, 4) is 0 Å². The number of nitrogens with zero attached hydrogens (tertiary/aromatic N) is 3. The molecule has 1 aromatic carbocycles. The molecule has 148 valence electrons. The SMILES string of the molecule is CCN(CC)CCCNC(=S)Nc1c(C)nn(Cc2ccc(C)cc2)c1C. The van der Waals surface area contributed by atoms with E-state index in [0.29, 0.717) is 5.11 Å². The summed E-state index contributed by atoms with van der Waals surface area (Å²) in [7, 11) is 0. The number of rotatable bonds is 9. The third kappa shape index (κ3) is 6.33. The molecule has 2 rings (SSSR count). The number of anilines is 1. The molecule has 0 radical (unpaired) electrons. The normalized spacial score (nSPS) is 11.0. The van der Waals surface area contributed by atoms with Gasteiger partial charge < -0.3 is 15.5 Å². The van der Waals surface area contributed by atoms with Gasteiger partial charge in [-0.2, -0.15) is 5.10 Å². The second-order valence-corrected chi connectivity index (χ2v) is 7.36. The average molecular weight is 388 g/mol. The third-order valence-corrected chi connectivity index (χ3v) is 5.15. The zero-order valence-corrected chi connectivity index (χ0v) is 18.1. The van der Waals surface area contributed by atoms with Gasteiger partial charge in [-0.25, -0.2) is 0 Å². The molecule has 0 unspecified atom stereocenters. The van der Waals surface area contributed by atoms with E-state index in [-0.39, 0.29) is 0 Å². The first-order chi connectivity index (χ1) is 12.9. The molecular formula is C21H33N5S. The highest BCUT2D eigenvalue weighted by molar-refractivity contribution is 7.80. The number of aryl methyl sites for hydroxylation is 2. The van der Waals surface area contributed by atoms with Crippen LogP contribution in [-0.2, 0) is 6.54 Å². The second-order valence-electron chi connectivity index (χ2n) is 6.95. The third-order valence-electron chi connectivity index (χ3n) is 4.90. The topological polar surface area (TPSA) is 45.1 Å². The summed E-state index contributed by atoms with van der Waals surface area (Å²) in [6.45, 7) is 15.5. The summed E-state index contributed by atoms with van der Waals surface area (Å²) < 4.78 is 2.03. The van der Waals surface area contributed by atoms with Crippen molar-refractivity contribution in [2.75, 3.05) is 31.5 Å². The molecule has 1 aromatic heterocycles. The second kappa shape index (κ2) is 10.4. The molecule has 2 aromatic rings. The maximum atomic E-state index is 5.47. The van der Waals surface area contributed by atoms with Crippen molar-refractivity contribution >= 4 is 23.0 Å². The van der Waals surface area contributed by atoms with Crippen LogP contribution in [-0.4, -0.2) is 46.0 Å².